The smallest absolute Gasteiger partial charge is 0.247 e. The summed E-state index contributed by atoms with van der Waals surface area (Å²) in [6.07, 6.45) is 0. The maximum atomic E-state index is 2.69. The van der Waals surface area contributed by atoms with E-state index in [1.54, 1.807) is 0 Å². The Hall–Kier alpha value is -6.51. The standard InChI is InChI=1S/C62H56B2N2/c1-33-19-21-41-43-29-55-51(31-47(43)61(9,10)45(41)27-33)63(57-37(5)23-35(3)24-38(57)6)49-15-13-18-54-59(49)65(55)53-17-14-16-50-60(53)66(54)56-30-44-42-22-20-34(2)28-46(42)62(11,12)48(44)32-52(56)64(50)58-39(7)25-36(4)26-40(58)8/h13-32H,1-12H3. The van der Waals surface area contributed by atoms with Gasteiger partial charge in [0.15, 0.2) is 0 Å². The molecule has 2 nitrogen and oxygen atoms in total. The minimum atomic E-state index is -0.132. The molecule has 5 aliphatic rings. The second kappa shape index (κ2) is 13.1. The Kier molecular flexibility index (Phi) is 7.90. The van der Waals surface area contributed by atoms with Gasteiger partial charge in [-0.2, -0.15) is 0 Å². The van der Waals surface area contributed by atoms with Crippen molar-refractivity contribution in [3.05, 3.63) is 188 Å². The average Bonchev–Trinajstić information content (AvgIpc) is 3.61. The minimum Gasteiger partial charge on any atom is -0.307 e. The summed E-state index contributed by atoms with van der Waals surface area (Å²) < 4.78 is 0. The fraction of sp³-hybridized carbons (Fsp3) is 0.226. The molecule has 3 aliphatic heterocycles. The van der Waals surface area contributed by atoms with Gasteiger partial charge in [-0.1, -0.05) is 180 Å². The molecule has 8 aromatic carbocycles. The van der Waals surface area contributed by atoms with Crippen LogP contribution in [0.1, 0.15) is 94.5 Å². The Balaban J connectivity index is 1.16. The monoisotopic (exact) mass is 850 g/mol. The first-order valence-corrected chi connectivity index (χ1v) is 24.2. The normalized spacial score (nSPS) is 15.7. The molecule has 13 rings (SSSR count). The zero-order valence-corrected chi connectivity index (χ0v) is 40.6. The average molecular weight is 851 g/mol. The molecule has 8 aromatic rings. The molecule has 0 saturated carbocycles. The van der Waals surface area contributed by atoms with Crippen LogP contribution in [0.3, 0.4) is 0 Å². The molecule has 0 amide bonds. The molecule has 2 aliphatic carbocycles. The summed E-state index contributed by atoms with van der Waals surface area (Å²) in [4.78, 5) is 5.38. The van der Waals surface area contributed by atoms with Crippen LogP contribution in [0.25, 0.3) is 22.3 Å². The topological polar surface area (TPSA) is 6.48 Å². The second-order valence-corrected chi connectivity index (χ2v) is 21.9. The number of hydrogen-bond donors (Lipinski definition) is 0. The largest absolute Gasteiger partial charge is 0.307 e. The molecule has 0 spiro atoms. The molecular formula is C62H56B2N2. The highest BCUT2D eigenvalue weighted by molar-refractivity contribution is 7.00. The van der Waals surface area contributed by atoms with Crippen molar-refractivity contribution in [1.82, 2.24) is 0 Å². The maximum Gasteiger partial charge on any atom is 0.247 e. The summed E-state index contributed by atoms with van der Waals surface area (Å²) in [6.45, 7) is 28.2. The Morgan fingerprint density at radius 2 is 0.697 bits per heavy atom. The van der Waals surface area contributed by atoms with Crippen LogP contribution in [0.4, 0.5) is 34.1 Å². The zero-order valence-electron chi connectivity index (χ0n) is 40.6. The number of fused-ring (bicyclic) bond motifs is 12. The maximum absolute atomic E-state index is 2.69. The van der Waals surface area contributed by atoms with Crippen molar-refractivity contribution in [2.75, 3.05) is 9.80 Å². The second-order valence-electron chi connectivity index (χ2n) is 21.9. The molecule has 0 bridgehead atoms. The summed E-state index contributed by atoms with van der Waals surface area (Å²) >= 11 is 0. The predicted octanol–water partition coefficient (Wildman–Crippen LogP) is 11.7. The summed E-state index contributed by atoms with van der Waals surface area (Å²) in [6, 6.07) is 48.7. The predicted molar refractivity (Wildman–Crippen MR) is 285 cm³/mol. The van der Waals surface area contributed by atoms with Crippen LogP contribution in [-0.2, 0) is 10.8 Å². The van der Waals surface area contributed by atoms with Gasteiger partial charge in [0, 0.05) is 22.2 Å². The van der Waals surface area contributed by atoms with Gasteiger partial charge < -0.3 is 9.80 Å². The minimum absolute atomic E-state index is 0.0499. The van der Waals surface area contributed by atoms with Crippen molar-refractivity contribution in [3.63, 3.8) is 0 Å². The molecule has 3 heterocycles. The van der Waals surface area contributed by atoms with Gasteiger partial charge in [0.25, 0.3) is 0 Å². The van der Waals surface area contributed by atoms with Crippen LogP contribution in [0.15, 0.2) is 121 Å². The van der Waals surface area contributed by atoms with Crippen LogP contribution in [0.2, 0.25) is 0 Å². The summed E-state index contributed by atoms with van der Waals surface area (Å²) in [5.41, 5.74) is 37.6. The lowest BCUT2D eigenvalue weighted by atomic mass is 9.32. The number of para-hydroxylation sites is 2. The lowest BCUT2D eigenvalue weighted by Crippen LogP contribution is -2.62. The Morgan fingerprint density at radius 1 is 0.333 bits per heavy atom. The summed E-state index contributed by atoms with van der Waals surface area (Å²) in [5, 5.41) is 0. The molecule has 0 unspecified atom stereocenters. The summed E-state index contributed by atoms with van der Waals surface area (Å²) in [5.74, 6) is 0. The van der Waals surface area contributed by atoms with Crippen molar-refractivity contribution in [3.8, 4) is 22.3 Å². The van der Waals surface area contributed by atoms with Crippen LogP contribution >= 0.6 is 0 Å². The third-order valence-corrected chi connectivity index (χ3v) is 16.8. The van der Waals surface area contributed by atoms with E-state index in [0.29, 0.717) is 0 Å². The van der Waals surface area contributed by atoms with E-state index in [1.165, 1.54) is 156 Å². The van der Waals surface area contributed by atoms with E-state index in [1.807, 2.05) is 0 Å². The van der Waals surface area contributed by atoms with Gasteiger partial charge in [0.2, 0.25) is 13.4 Å². The fourth-order valence-electron chi connectivity index (χ4n) is 14.1. The van der Waals surface area contributed by atoms with Crippen molar-refractivity contribution >= 4 is 80.3 Å². The lowest BCUT2D eigenvalue weighted by Gasteiger charge is -2.49. The van der Waals surface area contributed by atoms with E-state index in [9.17, 15) is 0 Å². The molecule has 0 radical (unpaired) electrons. The van der Waals surface area contributed by atoms with Crippen molar-refractivity contribution in [1.29, 1.82) is 0 Å². The third kappa shape index (κ3) is 5.00. The van der Waals surface area contributed by atoms with E-state index in [-0.39, 0.29) is 24.3 Å². The van der Waals surface area contributed by atoms with Gasteiger partial charge in [0.1, 0.15) is 0 Å². The zero-order chi connectivity index (χ0) is 45.6. The molecule has 0 N–H and O–H groups in total. The molecule has 0 fully saturated rings. The number of benzene rings is 8. The van der Waals surface area contributed by atoms with E-state index in [2.05, 4.69) is 214 Å². The highest BCUT2D eigenvalue weighted by Gasteiger charge is 2.49. The van der Waals surface area contributed by atoms with Crippen LogP contribution in [-0.4, -0.2) is 13.4 Å². The fourth-order valence-corrected chi connectivity index (χ4v) is 14.1. The van der Waals surface area contributed by atoms with Gasteiger partial charge >= 0.3 is 0 Å². The van der Waals surface area contributed by atoms with Crippen LogP contribution in [0.5, 0.6) is 0 Å². The van der Waals surface area contributed by atoms with Gasteiger partial charge in [-0.25, -0.2) is 0 Å². The first-order chi connectivity index (χ1) is 31.5. The number of anilines is 6. The molecule has 4 heteroatoms. The Morgan fingerprint density at radius 3 is 1.08 bits per heavy atom. The van der Waals surface area contributed by atoms with E-state index in [0.717, 1.165) is 0 Å². The number of nitrogens with zero attached hydrogens (tertiary/aromatic N) is 2. The highest BCUT2D eigenvalue weighted by atomic mass is 15.3. The van der Waals surface area contributed by atoms with Crippen molar-refractivity contribution < 1.29 is 0 Å². The first-order valence-electron chi connectivity index (χ1n) is 24.2. The number of hydrogen-bond acceptors (Lipinski definition) is 2. The Labute approximate surface area is 392 Å². The van der Waals surface area contributed by atoms with Gasteiger partial charge in [-0.3, -0.25) is 0 Å². The third-order valence-electron chi connectivity index (χ3n) is 16.8. The molecule has 66 heavy (non-hydrogen) atoms. The SMILES string of the molecule is Cc1cc(C)c(B2c3cc4c(cc3N3c5cccc6c5N(c5cc7c(cc5B6c5c(C)cc(C)cc5C)C(C)(C)c5cc(C)ccc5-7)c5cccc2c53)-c2ccc(C)cc2C4(C)C)c(C)c1. The quantitative estimate of drug-likeness (QED) is 0.160. The molecule has 320 valence electrons. The molecular weight excluding hydrogens is 794 g/mol. The van der Waals surface area contributed by atoms with E-state index in [4.69, 9.17) is 0 Å². The Bertz CT molecular complexity index is 3270. The molecule has 0 saturated heterocycles. The number of rotatable bonds is 2. The van der Waals surface area contributed by atoms with Crippen LogP contribution in [0, 0.1) is 55.4 Å². The van der Waals surface area contributed by atoms with E-state index >= 15 is 0 Å². The van der Waals surface area contributed by atoms with Crippen molar-refractivity contribution in [2.45, 2.75) is 93.9 Å². The van der Waals surface area contributed by atoms with E-state index < -0.39 is 0 Å². The van der Waals surface area contributed by atoms with Gasteiger partial charge in [0.05, 0.1) is 22.7 Å². The number of aryl methyl sites for hydroxylation is 8. The van der Waals surface area contributed by atoms with Gasteiger partial charge in [-0.05, 0) is 146 Å². The molecule has 0 atom stereocenters. The summed E-state index contributed by atoms with van der Waals surface area (Å²) in [7, 11) is 0. The van der Waals surface area contributed by atoms with Crippen molar-refractivity contribution in [2.24, 2.45) is 0 Å². The highest BCUT2D eigenvalue weighted by Crippen LogP contribution is 2.58. The van der Waals surface area contributed by atoms with Gasteiger partial charge in [-0.15, -0.1) is 0 Å². The molecule has 0 aromatic heterocycles. The van der Waals surface area contributed by atoms with Crippen LogP contribution < -0.4 is 42.6 Å². The lowest BCUT2D eigenvalue weighted by molar-refractivity contribution is 0.660. The first kappa shape index (κ1) is 39.8.